The molecule has 0 atom stereocenters. The largest absolute Gasteiger partial charge is 0.433 e. The van der Waals surface area contributed by atoms with Gasteiger partial charge in [-0.25, -0.2) is 9.97 Å². The topological polar surface area (TPSA) is 97.7 Å². The van der Waals surface area contributed by atoms with Crippen molar-refractivity contribution in [3.8, 4) is 22.4 Å². The molecule has 34 heavy (non-hydrogen) atoms. The third-order valence-corrected chi connectivity index (χ3v) is 4.97. The monoisotopic (exact) mass is 463 g/mol. The zero-order valence-electron chi connectivity index (χ0n) is 17.7. The number of anilines is 1. The molecule has 0 bridgehead atoms. The van der Waals surface area contributed by atoms with Gasteiger partial charge in [0.05, 0.1) is 11.3 Å². The molecule has 1 amide bonds. The highest BCUT2D eigenvalue weighted by Crippen LogP contribution is 2.30. The molecule has 0 aliphatic carbocycles. The molecule has 4 aromatic rings. The minimum Gasteiger partial charge on any atom is -0.322 e. The van der Waals surface area contributed by atoms with Gasteiger partial charge in [0.15, 0.2) is 6.29 Å². The fourth-order valence-corrected chi connectivity index (χ4v) is 3.23. The van der Waals surface area contributed by atoms with Gasteiger partial charge < -0.3 is 5.32 Å². The van der Waals surface area contributed by atoms with Crippen LogP contribution in [0.3, 0.4) is 0 Å². The molecular weight excluding hydrogens is 447 g/mol. The number of pyridine rings is 2. The highest BCUT2D eigenvalue weighted by molar-refractivity contribution is 6.04. The third-order valence-electron chi connectivity index (χ3n) is 4.97. The van der Waals surface area contributed by atoms with E-state index in [1.54, 1.807) is 36.7 Å². The maximum absolute atomic E-state index is 12.7. The lowest BCUT2D eigenvalue weighted by molar-refractivity contribution is -0.141. The van der Waals surface area contributed by atoms with Gasteiger partial charge in [-0.15, -0.1) is 0 Å². The second kappa shape index (κ2) is 9.18. The van der Waals surface area contributed by atoms with Crippen LogP contribution in [0.15, 0.2) is 67.4 Å². The van der Waals surface area contributed by atoms with Crippen LogP contribution in [0.25, 0.3) is 22.4 Å². The van der Waals surface area contributed by atoms with Crippen LogP contribution in [0.4, 0.5) is 18.9 Å². The molecule has 0 unspecified atom stereocenters. The third kappa shape index (κ3) is 4.96. The van der Waals surface area contributed by atoms with Crippen LogP contribution in [0.2, 0.25) is 0 Å². The molecule has 3 aromatic heterocycles. The Balaban J connectivity index is 1.60. The molecular formula is C24H16F3N5O2. The van der Waals surface area contributed by atoms with Gasteiger partial charge in [0, 0.05) is 35.4 Å². The fraction of sp³-hybridized carbons (Fsp3) is 0.0833. The van der Waals surface area contributed by atoms with Crippen molar-refractivity contribution < 1.29 is 22.8 Å². The molecule has 170 valence electrons. The molecule has 0 fully saturated rings. The molecule has 3 heterocycles. The van der Waals surface area contributed by atoms with E-state index in [1.807, 2.05) is 13.0 Å². The zero-order valence-corrected chi connectivity index (χ0v) is 17.7. The Morgan fingerprint density at radius 3 is 2.44 bits per heavy atom. The summed E-state index contributed by atoms with van der Waals surface area (Å²) in [5.41, 5.74) is 3.25. The minimum absolute atomic E-state index is 0.00599. The highest BCUT2D eigenvalue weighted by Gasteiger charge is 2.32. The number of alkyl halides is 3. The van der Waals surface area contributed by atoms with Crippen LogP contribution in [0.5, 0.6) is 0 Å². The maximum atomic E-state index is 12.7. The van der Waals surface area contributed by atoms with Crippen molar-refractivity contribution in [3.05, 3.63) is 89.9 Å². The molecule has 0 saturated heterocycles. The van der Waals surface area contributed by atoms with Gasteiger partial charge in [-0.1, -0.05) is 6.07 Å². The SMILES string of the molecule is Cc1ccc(NC(=O)c2ccc(C(F)(F)F)nc2)cc1-c1cncc(-c2cc(C=O)ncn2)c1. The van der Waals surface area contributed by atoms with E-state index >= 15 is 0 Å². The van der Waals surface area contributed by atoms with Crippen molar-refractivity contribution in [1.29, 1.82) is 0 Å². The molecule has 7 nitrogen and oxygen atoms in total. The molecule has 1 N–H and O–H groups in total. The Kier molecular flexibility index (Phi) is 6.13. The van der Waals surface area contributed by atoms with Crippen LogP contribution in [-0.2, 0) is 6.18 Å². The first kappa shape index (κ1) is 22.7. The predicted molar refractivity (Wildman–Crippen MR) is 118 cm³/mol. The summed E-state index contributed by atoms with van der Waals surface area (Å²) in [5.74, 6) is -0.592. The standard InChI is InChI=1S/C24H16F3N5O2/c1-14-2-4-18(32-23(34)15-3-5-22(29-11-15)24(25,26)27)7-20(14)16-6-17(10-28-9-16)21-8-19(12-33)30-13-31-21/h2-13H,1H3,(H,32,34). The van der Waals surface area contributed by atoms with Crippen molar-refractivity contribution in [2.45, 2.75) is 13.1 Å². The molecule has 0 radical (unpaired) electrons. The molecule has 0 spiro atoms. The molecule has 0 aliphatic heterocycles. The number of amides is 1. The lowest BCUT2D eigenvalue weighted by Crippen LogP contribution is -2.14. The number of carbonyl (C=O) groups is 2. The average molecular weight is 463 g/mol. The van der Waals surface area contributed by atoms with E-state index in [4.69, 9.17) is 0 Å². The van der Waals surface area contributed by atoms with E-state index in [2.05, 4.69) is 25.3 Å². The minimum atomic E-state index is -4.58. The molecule has 0 saturated carbocycles. The molecule has 4 rings (SSSR count). The van der Waals surface area contributed by atoms with E-state index < -0.39 is 17.8 Å². The number of nitrogens with zero attached hydrogens (tertiary/aromatic N) is 4. The van der Waals surface area contributed by atoms with Gasteiger partial charge >= 0.3 is 6.18 Å². The van der Waals surface area contributed by atoms with Gasteiger partial charge in [-0.3, -0.25) is 19.6 Å². The van der Waals surface area contributed by atoms with Crippen LogP contribution in [-0.4, -0.2) is 32.1 Å². The lowest BCUT2D eigenvalue weighted by Gasteiger charge is -2.12. The smallest absolute Gasteiger partial charge is 0.322 e. The molecule has 0 aliphatic rings. The van der Waals surface area contributed by atoms with Gasteiger partial charge in [-0.2, -0.15) is 13.2 Å². The molecule has 10 heteroatoms. The van der Waals surface area contributed by atoms with Crippen LogP contribution in [0, 0.1) is 6.92 Å². The number of halogens is 3. The van der Waals surface area contributed by atoms with E-state index in [9.17, 15) is 22.8 Å². The summed E-state index contributed by atoms with van der Waals surface area (Å²) >= 11 is 0. The van der Waals surface area contributed by atoms with Crippen molar-refractivity contribution in [3.63, 3.8) is 0 Å². The van der Waals surface area contributed by atoms with Crippen molar-refractivity contribution in [2.24, 2.45) is 0 Å². The first-order valence-corrected chi connectivity index (χ1v) is 9.93. The Labute approximate surface area is 191 Å². The Morgan fingerprint density at radius 1 is 0.941 bits per heavy atom. The summed E-state index contributed by atoms with van der Waals surface area (Å²) in [4.78, 5) is 39.2. The Morgan fingerprint density at radius 2 is 1.74 bits per heavy atom. The summed E-state index contributed by atoms with van der Waals surface area (Å²) in [6.45, 7) is 1.89. The highest BCUT2D eigenvalue weighted by atomic mass is 19.4. The van der Waals surface area contributed by atoms with Crippen LogP contribution in [0.1, 0.15) is 32.1 Å². The van der Waals surface area contributed by atoms with E-state index in [0.29, 0.717) is 23.2 Å². The zero-order chi connectivity index (χ0) is 24.3. The Bertz CT molecular complexity index is 1370. The summed E-state index contributed by atoms with van der Waals surface area (Å²) in [5, 5.41) is 2.68. The number of benzene rings is 1. The number of aryl methyl sites for hydroxylation is 1. The second-order valence-electron chi connectivity index (χ2n) is 7.32. The van der Waals surface area contributed by atoms with Gasteiger partial charge in [0.2, 0.25) is 0 Å². The molecule has 1 aromatic carbocycles. The first-order valence-electron chi connectivity index (χ1n) is 9.93. The lowest BCUT2D eigenvalue weighted by atomic mass is 9.99. The first-order chi connectivity index (χ1) is 16.2. The van der Waals surface area contributed by atoms with Crippen molar-refractivity contribution in [1.82, 2.24) is 19.9 Å². The van der Waals surface area contributed by atoms with Crippen LogP contribution >= 0.6 is 0 Å². The maximum Gasteiger partial charge on any atom is 0.433 e. The van der Waals surface area contributed by atoms with Crippen LogP contribution < -0.4 is 5.32 Å². The van der Waals surface area contributed by atoms with E-state index in [0.717, 1.165) is 35.0 Å². The number of hydrogen-bond donors (Lipinski definition) is 1. The number of carbonyl (C=O) groups excluding carboxylic acids is 2. The average Bonchev–Trinajstić information content (AvgIpc) is 2.85. The quantitative estimate of drug-likeness (QED) is 0.419. The fourth-order valence-electron chi connectivity index (χ4n) is 3.23. The number of aldehydes is 1. The number of hydrogen-bond acceptors (Lipinski definition) is 6. The number of rotatable bonds is 5. The summed E-state index contributed by atoms with van der Waals surface area (Å²) in [7, 11) is 0. The summed E-state index contributed by atoms with van der Waals surface area (Å²) in [6, 6.07) is 10.5. The van der Waals surface area contributed by atoms with E-state index in [-0.39, 0.29) is 11.3 Å². The normalized spacial score (nSPS) is 11.2. The second-order valence-corrected chi connectivity index (χ2v) is 7.32. The predicted octanol–water partition coefficient (Wildman–Crippen LogP) is 4.99. The number of nitrogens with one attached hydrogen (secondary N) is 1. The van der Waals surface area contributed by atoms with Gasteiger partial charge in [0.25, 0.3) is 5.91 Å². The van der Waals surface area contributed by atoms with Gasteiger partial charge in [-0.05, 0) is 54.4 Å². The summed E-state index contributed by atoms with van der Waals surface area (Å²) in [6.07, 6.45) is 1.49. The summed E-state index contributed by atoms with van der Waals surface area (Å²) < 4.78 is 38.1. The van der Waals surface area contributed by atoms with E-state index in [1.165, 1.54) is 6.33 Å². The number of aromatic nitrogens is 4. The van der Waals surface area contributed by atoms with Crippen molar-refractivity contribution in [2.75, 3.05) is 5.32 Å². The van der Waals surface area contributed by atoms with Crippen molar-refractivity contribution >= 4 is 17.9 Å². The van der Waals surface area contributed by atoms with Gasteiger partial charge in [0.1, 0.15) is 17.7 Å². The Hall–Kier alpha value is -4.47.